The molecule has 4 rings (SSSR count). The number of fused-ring (bicyclic) bond motifs is 1. The van der Waals surface area contributed by atoms with E-state index in [-0.39, 0.29) is 5.82 Å². The number of aromatic nitrogens is 2. The summed E-state index contributed by atoms with van der Waals surface area (Å²) in [6.45, 7) is 3.94. The van der Waals surface area contributed by atoms with E-state index in [0.29, 0.717) is 16.8 Å². The number of rotatable bonds is 7. The number of pyridine rings is 2. The van der Waals surface area contributed by atoms with Crippen molar-refractivity contribution in [3.8, 4) is 11.3 Å². The Labute approximate surface area is 195 Å². The van der Waals surface area contributed by atoms with Gasteiger partial charge < -0.3 is 11.5 Å². The Balaban J connectivity index is 1.85. The first-order valence-electron chi connectivity index (χ1n) is 10.7. The second-order valence-corrected chi connectivity index (χ2v) is 10.2. The van der Waals surface area contributed by atoms with Crippen LogP contribution in [-0.4, -0.2) is 21.4 Å². The minimum atomic E-state index is -0.377. The van der Waals surface area contributed by atoms with Crippen LogP contribution in [0.5, 0.6) is 0 Å². The molecule has 0 aliphatic heterocycles. The molecule has 8 heteroatoms. The van der Waals surface area contributed by atoms with E-state index >= 15 is 0 Å². The quantitative estimate of drug-likeness (QED) is 0.392. The maximum absolute atomic E-state index is 13.5. The molecule has 0 aromatic carbocycles. The Bertz CT molecular complexity index is 1210. The molecule has 5 nitrogen and oxygen atoms in total. The van der Waals surface area contributed by atoms with Crippen LogP contribution in [0.1, 0.15) is 45.2 Å². The van der Waals surface area contributed by atoms with Gasteiger partial charge in [-0.3, -0.25) is 4.98 Å². The Morgan fingerprint density at radius 1 is 1.38 bits per heavy atom. The molecule has 0 unspecified atom stereocenters. The van der Waals surface area contributed by atoms with Crippen molar-refractivity contribution in [2.75, 3.05) is 5.73 Å². The largest absolute Gasteiger partial charge is 0.397 e. The number of thioether (sulfide) groups is 1. The van der Waals surface area contributed by atoms with Gasteiger partial charge in [0.15, 0.2) is 0 Å². The fourth-order valence-corrected chi connectivity index (χ4v) is 6.20. The zero-order valence-electron chi connectivity index (χ0n) is 18.1. The van der Waals surface area contributed by atoms with Gasteiger partial charge >= 0.3 is 0 Å². The summed E-state index contributed by atoms with van der Waals surface area (Å²) in [6.07, 6.45) is 11.3. The minimum absolute atomic E-state index is 0.377. The third-order valence-electron chi connectivity index (χ3n) is 5.37. The van der Waals surface area contributed by atoms with E-state index in [0.717, 1.165) is 43.4 Å². The summed E-state index contributed by atoms with van der Waals surface area (Å²) in [6, 6.07) is 5.04. The molecular formula is C24H26FN5S2. The van der Waals surface area contributed by atoms with Crippen molar-refractivity contribution in [1.29, 1.82) is 0 Å². The first kappa shape index (κ1) is 22.5. The molecule has 3 aromatic heterocycles. The van der Waals surface area contributed by atoms with Crippen LogP contribution in [0.2, 0.25) is 0 Å². The number of hydrogen-bond donors (Lipinski definition) is 2. The lowest BCUT2D eigenvalue weighted by atomic mass is 10.0. The minimum Gasteiger partial charge on any atom is -0.397 e. The summed E-state index contributed by atoms with van der Waals surface area (Å²) in [5.41, 5.74) is 16.3. The molecule has 0 radical (unpaired) electrons. The topological polar surface area (TPSA) is 90.2 Å². The summed E-state index contributed by atoms with van der Waals surface area (Å²) in [7, 11) is 0. The number of nitrogens with zero attached hydrogens (tertiary/aromatic N) is 3. The van der Waals surface area contributed by atoms with Crippen molar-refractivity contribution in [3.63, 3.8) is 0 Å². The number of anilines is 1. The normalized spacial score (nSPS) is 15.6. The zero-order valence-corrected chi connectivity index (χ0v) is 19.8. The predicted octanol–water partition coefficient (Wildman–Crippen LogP) is 6.41. The maximum atomic E-state index is 13.5. The third-order valence-corrected chi connectivity index (χ3v) is 8.04. The van der Waals surface area contributed by atoms with Gasteiger partial charge in [0.25, 0.3) is 0 Å². The molecule has 3 aromatic rings. The molecule has 4 N–H and O–H groups in total. The van der Waals surface area contributed by atoms with Crippen molar-refractivity contribution in [2.45, 2.75) is 49.0 Å². The average Bonchev–Trinajstić information content (AvgIpc) is 3.07. The second-order valence-electron chi connectivity index (χ2n) is 7.61. The summed E-state index contributed by atoms with van der Waals surface area (Å²) in [4.78, 5) is 14.4. The van der Waals surface area contributed by atoms with Crippen LogP contribution in [0, 0.1) is 5.82 Å². The Morgan fingerprint density at radius 3 is 2.81 bits per heavy atom. The molecule has 0 amide bonds. The van der Waals surface area contributed by atoms with Gasteiger partial charge in [0, 0.05) is 28.0 Å². The van der Waals surface area contributed by atoms with Crippen molar-refractivity contribution in [3.05, 3.63) is 53.9 Å². The van der Waals surface area contributed by atoms with E-state index < -0.39 is 0 Å². The molecule has 0 saturated heterocycles. The van der Waals surface area contributed by atoms with Crippen LogP contribution >= 0.6 is 23.1 Å². The number of nitrogens with two attached hydrogens (primary N) is 2. The molecule has 1 aliphatic carbocycles. The van der Waals surface area contributed by atoms with E-state index in [4.69, 9.17) is 16.5 Å². The van der Waals surface area contributed by atoms with Crippen LogP contribution in [-0.2, 0) is 0 Å². The second kappa shape index (κ2) is 9.83. The first-order valence-corrected chi connectivity index (χ1v) is 12.4. The molecule has 0 spiro atoms. The van der Waals surface area contributed by atoms with Crippen molar-refractivity contribution < 1.29 is 4.39 Å². The monoisotopic (exact) mass is 467 g/mol. The van der Waals surface area contributed by atoms with E-state index in [9.17, 15) is 4.39 Å². The highest BCUT2D eigenvalue weighted by molar-refractivity contribution is 8.02. The fourth-order valence-electron chi connectivity index (χ4n) is 3.41. The summed E-state index contributed by atoms with van der Waals surface area (Å²) in [5, 5.41) is 1.49. The number of nitrogen functional groups attached to an aromatic ring is 1. The molecule has 0 bridgehead atoms. The molecule has 166 valence electrons. The van der Waals surface area contributed by atoms with Gasteiger partial charge in [-0.25, -0.2) is 14.4 Å². The molecule has 1 aliphatic rings. The summed E-state index contributed by atoms with van der Waals surface area (Å²) in [5.74, 6) is 0.0890. The lowest BCUT2D eigenvalue weighted by Gasteiger charge is -2.23. The van der Waals surface area contributed by atoms with Crippen molar-refractivity contribution in [2.24, 2.45) is 10.7 Å². The van der Waals surface area contributed by atoms with Gasteiger partial charge in [-0.05, 0) is 50.5 Å². The highest BCUT2D eigenvalue weighted by Gasteiger charge is 2.24. The van der Waals surface area contributed by atoms with E-state index in [1.54, 1.807) is 23.6 Å². The Morgan fingerprint density at radius 2 is 2.19 bits per heavy atom. The SMILES string of the molecule is C\C=C(/C=N\C(N)=C\CC)c1cc(-c2ccc(F)cn2)c2c(N)c(SC3CCC3)sc2n1. The predicted molar refractivity (Wildman–Crippen MR) is 135 cm³/mol. The first-order chi connectivity index (χ1) is 15.5. The van der Waals surface area contributed by atoms with Crippen molar-refractivity contribution in [1.82, 2.24) is 9.97 Å². The zero-order chi connectivity index (χ0) is 22.7. The molecule has 1 fully saturated rings. The number of halogens is 1. The van der Waals surface area contributed by atoms with Crippen LogP contribution in [0.25, 0.3) is 27.0 Å². The highest BCUT2D eigenvalue weighted by atomic mass is 32.2. The molecular weight excluding hydrogens is 441 g/mol. The number of thiophene rings is 1. The molecule has 0 atom stereocenters. The average molecular weight is 468 g/mol. The van der Waals surface area contributed by atoms with E-state index in [1.807, 2.05) is 43.8 Å². The Kier molecular flexibility index (Phi) is 6.91. The Hall–Kier alpha value is -2.71. The summed E-state index contributed by atoms with van der Waals surface area (Å²) >= 11 is 3.44. The summed E-state index contributed by atoms with van der Waals surface area (Å²) < 4.78 is 14.6. The van der Waals surface area contributed by atoms with Gasteiger partial charge in [0.1, 0.15) is 16.5 Å². The lowest BCUT2D eigenvalue weighted by molar-refractivity contribution is 0.522. The van der Waals surface area contributed by atoms with Gasteiger partial charge in [-0.15, -0.1) is 23.1 Å². The van der Waals surface area contributed by atoms with E-state index in [2.05, 4.69) is 9.98 Å². The highest BCUT2D eigenvalue weighted by Crippen LogP contribution is 2.48. The maximum Gasteiger partial charge on any atom is 0.141 e. The number of hydrogen-bond acceptors (Lipinski definition) is 7. The van der Waals surface area contributed by atoms with Gasteiger partial charge in [0.2, 0.25) is 0 Å². The molecule has 32 heavy (non-hydrogen) atoms. The van der Waals surface area contributed by atoms with Crippen LogP contribution in [0.15, 0.2) is 51.6 Å². The van der Waals surface area contributed by atoms with Crippen LogP contribution in [0.3, 0.4) is 0 Å². The third kappa shape index (κ3) is 4.71. The molecule has 3 heterocycles. The fraction of sp³-hybridized carbons (Fsp3) is 0.292. The molecule has 1 saturated carbocycles. The lowest BCUT2D eigenvalue weighted by Crippen LogP contribution is -2.12. The van der Waals surface area contributed by atoms with Gasteiger partial charge in [-0.1, -0.05) is 19.4 Å². The van der Waals surface area contributed by atoms with Crippen LogP contribution in [0.4, 0.5) is 10.1 Å². The smallest absolute Gasteiger partial charge is 0.141 e. The van der Waals surface area contributed by atoms with Crippen LogP contribution < -0.4 is 11.5 Å². The van der Waals surface area contributed by atoms with Crippen molar-refractivity contribution >= 4 is 50.8 Å². The number of allylic oxidation sites excluding steroid dienone is 3. The van der Waals surface area contributed by atoms with Gasteiger partial charge in [0.05, 0.1) is 27.5 Å². The standard InChI is InChI=1S/C24H26FN5S2/c1-3-6-20(26)29-12-14(4-2)19-11-17(18-10-9-15(25)13-28-18)21-22(27)24(32-23(21)30-19)31-16-7-5-8-16/h4,6,9-13,16H,3,5,7-8,26-27H2,1-2H3/b14-4+,20-6+,29-12-. The number of aliphatic imine (C=N–C) groups is 1. The van der Waals surface area contributed by atoms with Gasteiger partial charge in [-0.2, -0.15) is 0 Å². The van der Waals surface area contributed by atoms with E-state index in [1.165, 1.54) is 31.5 Å².